The quantitative estimate of drug-likeness (QED) is 0.739. The van der Waals surface area contributed by atoms with Crippen LogP contribution < -0.4 is 10.1 Å². The van der Waals surface area contributed by atoms with Crippen molar-refractivity contribution in [2.75, 3.05) is 26.9 Å². The Morgan fingerprint density at radius 3 is 2.32 bits per heavy atom. The maximum absolute atomic E-state index is 13.6. The molecule has 1 rings (SSSR count). The predicted octanol–water partition coefficient (Wildman–Crippen LogP) is 2.74. The van der Waals surface area contributed by atoms with E-state index < -0.39 is 11.6 Å². The van der Waals surface area contributed by atoms with E-state index in [1.807, 2.05) is 13.8 Å². The van der Waals surface area contributed by atoms with Crippen LogP contribution in [0, 0.1) is 17.6 Å². The van der Waals surface area contributed by atoms with Crippen LogP contribution in [0.1, 0.15) is 19.4 Å². The van der Waals surface area contributed by atoms with Gasteiger partial charge in [0.1, 0.15) is 6.61 Å². The third-order valence-electron chi connectivity index (χ3n) is 2.36. The molecule has 0 amide bonds. The summed E-state index contributed by atoms with van der Waals surface area (Å²) in [7, 11) is 1.71. The molecule has 108 valence electrons. The Hall–Kier alpha value is -1.20. The molecule has 0 aliphatic carbocycles. The van der Waals surface area contributed by atoms with Gasteiger partial charge in [-0.2, -0.15) is 0 Å². The number of benzene rings is 1. The lowest BCUT2D eigenvalue weighted by molar-refractivity contribution is 0.0795. The van der Waals surface area contributed by atoms with Crippen molar-refractivity contribution in [1.82, 2.24) is 5.32 Å². The van der Waals surface area contributed by atoms with Crippen molar-refractivity contribution in [2.24, 2.45) is 5.92 Å². The number of hydrogen-bond acceptors (Lipinski definition) is 3. The Kier molecular flexibility index (Phi) is 6.73. The highest BCUT2D eigenvalue weighted by Crippen LogP contribution is 2.23. The molecule has 19 heavy (non-hydrogen) atoms. The minimum atomic E-state index is -0.686. The topological polar surface area (TPSA) is 30.5 Å². The number of halogens is 2. The molecule has 0 bridgehead atoms. The van der Waals surface area contributed by atoms with Crippen molar-refractivity contribution in [3.8, 4) is 5.75 Å². The van der Waals surface area contributed by atoms with Crippen molar-refractivity contribution in [3.05, 3.63) is 29.3 Å². The average molecular weight is 273 g/mol. The normalized spacial score (nSPS) is 11.1. The van der Waals surface area contributed by atoms with Crippen LogP contribution >= 0.6 is 0 Å². The lowest BCUT2D eigenvalue weighted by atomic mass is 10.2. The van der Waals surface area contributed by atoms with Crippen LogP contribution in [-0.4, -0.2) is 26.9 Å². The molecule has 3 nitrogen and oxygen atoms in total. The first-order valence-electron chi connectivity index (χ1n) is 6.37. The first kappa shape index (κ1) is 15.9. The van der Waals surface area contributed by atoms with Gasteiger partial charge in [-0.25, -0.2) is 8.78 Å². The molecule has 0 saturated carbocycles. The zero-order valence-corrected chi connectivity index (χ0v) is 11.6. The van der Waals surface area contributed by atoms with E-state index in [1.165, 1.54) is 12.1 Å². The highest BCUT2D eigenvalue weighted by molar-refractivity contribution is 5.31. The molecule has 0 heterocycles. The predicted molar refractivity (Wildman–Crippen MR) is 70.3 cm³/mol. The molecule has 1 aromatic carbocycles. The van der Waals surface area contributed by atoms with Crippen molar-refractivity contribution in [1.29, 1.82) is 0 Å². The second kappa shape index (κ2) is 8.07. The fourth-order valence-electron chi connectivity index (χ4n) is 1.58. The van der Waals surface area contributed by atoms with Crippen LogP contribution in [0.25, 0.3) is 0 Å². The summed E-state index contributed by atoms with van der Waals surface area (Å²) in [5, 5.41) is 2.83. The van der Waals surface area contributed by atoms with Crippen molar-refractivity contribution < 1.29 is 18.3 Å². The van der Waals surface area contributed by atoms with Gasteiger partial charge in [-0.15, -0.1) is 0 Å². The van der Waals surface area contributed by atoms with Crippen LogP contribution in [-0.2, 0) is 11.3 Å². The SMILES string of the molecule is CNCc1cc(F)c(OCCOCC(C)C)c(F)c1. The van der Waals surface area contributed by atoms with Gasteiger partial charge in [0.05, 0.1) is 6.61 Å². The largest absolute Gasteiger partial charge is 0.485 e. The first-order chi connectivity index (χ1) is 9.04. The fourth-order valence-corrected chi connectivity index (χ4v) is 1.58. The van der Waals surface area contributed by atoms with E-state index in [2.05, 4.69) is 5.32 Å². The summed E-state index contributed by atoms with van der Waals surface area (Å²) in [5.74, 6) is -1.29. The highest BCUT2D eigenvalue weighted by atomic mass is 19.1. The van der Waals surface area contributed by atoms with Gasteiger partial charge in [-0.05, 0) is 30.7 Å². The zero-order valence-electron chi connectivity index (χ0n) is 11.6. The lowest BCUT2D eigenvalue weighted by Gasteiger charge is -2.11. The molecule has 0 spiro atoms. The van der Waals surface area contributed by atoms with Gasteiger partial charge in [0.2, 0.25) is 0 Å². The third-order valence-corrected chi connectivity index (χ3v) is 2.36. The Morgan fingerprint density at radius 2 is 1.79 bits per heavy atom. The van der Waals surface area contributed by atoms with Crippen molar-refractivity contribution >= 4 is 0 Å². The van der Waals surface area contributed by atoms with E-state index in [1.54, 1.807) is 7.05 Å². The number of hydrogen-bond donors (Lipinski definition) is 1. The maximum Gasteiger partial charge on any atom is 0.190 e. The Labute approximate surface area is 112 Å². The summed E-state index contributed by atoms with van der Waals surface area (Å²) in [6.07, 6.45) is 0. The average Bonchev–Trinajstić information content (AvgIpc) is 2.31. The number of ether oxygens (including phenoxy) is 2. The van der Waals surface area contributed by atoms with Gasteiger partial charge in [0, 0.05) is 13.2 Å². The minimum absolute atomic E-state index is 0.131. The molecule has 5 heteroatoms. The molecule has 0 fully saturated rings. The van der Waals surface area contributed by atoms with Gasteiger partial charge < -0.3 is 14.8 Å². The van der Waals surface area contributed by atoms with E-state index in [4.69, 9.17) is 9.47 Å². The van der Waals surface area contributed by atoms with Crippen LogP contribution in [0.4, 0.5) is 8.78 Å². The summed E-state index contributed by atoms with van der Waals surface area (Å²) < 4.78 is 37.6. The maximum atomic E-state index is 13.6. The highest BCUT2D eigenvalue weighted by Gasteiger charge is 2.12. The zero-order chi connectivity index (χ0) is 14.3. The van der Waals surface area contributed by atoms with Crippen LogP contribution in [0.3, 0.4) is 0 Å². The molecular weight excluding hydrogens is 252 g/mol. The van der Waals surface area contributed by atoms with Crippen molar-refractivity contribution in [2.45, 2.75) is 20.4 Å². The summed E-state index contributed by atoms with van der Waals surface area (Å²) in [4.78, 5) is 0. The van der Waals surface area contributed by atoms with E-state index in [9.17, 15) is 8.78 Å². The molecular formula is C14H21F2NO2. The molecule has 0 radical (unpaired) electrons. The number of rotatable bonds is 8. The van der Waals surface area contributed by atoms with Crippen LogP contribution in [0.2, 0.25) is 0 Å². The smallest absolute Gasteiger partial charge is 0.190 e. The first-order valence-corrected chi connectivity index (χ1v) is 6.37. The molecule has 1 N–H and O–H groups in total. The number of nitrogens with one attached hydrogen (secondary N) is 1. The van der Waals surface area contributed by atoms with Gasteiger partial charge in [-0.1, -0.05) is 13.8 Å². The molecule has 0 aromatic heterocycles. The van der Waals surface area contributed by atoms with E-state index in [-0.39, 0.29) is 12.4 Å². The molecule has 0 atom stereocenters. The summed E-state index contributed by atoms with van der Waals surface area (Å²) >= 11 is 0. The van der Waals surface area contributed by atoms with E-state index >= 15 is 0 Å². The van der Waals surface area contributed by atoms with Crippen LogP contribution in [0.5, 0.6) is 5.75 Å². The van der Waals surface area contributed by atoms with Gasteiger partial charge in [0.15, 0.2) is 17.4 Å². The van der Waals surface area contributed by atoms with Gasteiger partial charge >= 0.3 is 0 Å². The molecule has 0 saturated heterocycles. The molecule has 0 unspecified atom stereocenters. The minimum Gasteiger partial charge on any atom is -0.485 e. The fraction of sp³-hybridized carbons (Fsp3) is 0.571. The molecule has 0 aliphatic heterocycles. The van der Waals surface area contributed by atoms with Gasteiger partial charge in [0.25, 0.3) is 0 Å². The Morgan fingerprint density at radius 1 is 1.16 bits per heavy atom. The monoisotopic (exact) mass is 273 g/mol. The van der Waals surface area contributed by atoms with Gasteiger partial charge in [-0.3, -0.25) is 0 Å². The summed E-state index contributed by atoms with van der Waals surface area (Å²) in [6.45, 7) is 5.52. The van der Waals surface area contributed by atoms with E-state index in [0.717, 1.165) is 0 Å². The molecule has 0 aliphatic rings. The Balaban J connectivity index is 2.49. The van der Waals surface area contributed by atoms with E-state index in [0.29, 0.717) is 31.2 Å². The van der Waals surface area contributed by atoms with Crippen LogP contribution in [0.15, 0.2) is 12.1 Å². The van der Waals surface area contributed by atoms with Crippen molar-refractivity contribution in [3.63, 3.8) is 0 Å². The standard InChI is InChI=1S/C14H21F2NO2/c1-10(2)9-18-4-5-19-14-12(15)6-11(8-17-3)7-13(14)16/h6-7,10,17H,4-5,8-9H2,1-3H3. The molecule has 1 aromatic rings. The second-order valence-corrected chi connectivity index (χ2v) is 4.74. The third kappa shape index (κ3) is 5.53. The Bertz CT molecular complexity index is 374. The second-order valence-electron chi connectivity index (χ2n) is 4.74. The summed E-state index contributed by atoms with van der Waals surface area (Å²) in [5.41, 5.74) is 0.543. The lowest BCUT2D eigenvalue weighted by Crippen LogP contribution is -2.12. The summed E-state index contributed by atoms with van der Waals surface area (Å²) in [6, 6.07) is 2.54.